The average molecular weight is 313 g/mol. The van der Waals surface area contributed by atoms with Crippen molar-refractivity contribution >= 4 is 39.1 Å². The number of carbonyl (C=O) groups excluding carboxylic acids is 1. The smallest absolute Gasteiger partial charge is 0.352 e. The third kappa shape index (κ3) is 2.71. The van der Waals surface area contributed by atoms with Crippen molar-refractivity contribution < 1.29 is 27.7 Å². The summed E-state index contributed by atoms with van der Waals surface area (Å²) in [5.41, 5.74) is 5.66. The van der Waals surface area contributed by atoms with E-state index in [2.05, 4.69) is 5.10 Å². The fourth-order valence-corrected chi connectivity index (χ4v) is 2.39. The molecule has 0 radical (unpaired) electrons. The summed E-state index contributed by atoms with van der Waals surface area (Å²) < 4.78 is 31.5. The zero-order chi connectivity index (χ0) is 15.9. The number of nitrogen functional groups attached to an aromatic ring is 1. The van der Waals surface area contributed by atoms with Crippen molar-refractivity contribution in [2.45, 2.75) is 18.2 Å². The number of hydrogen-bond donors (Lipinski definition) is 3. The molecule has 1 aliphatic rings. The van der Waals surface area contributed by atoms with E-state index in [-0.39, 0.29) is 17.1 Å². The third-order valence-electron chi connectivity index (χ3n) is 2.89. The molecule has 0 atom stereocenters. The summed E-state index contributed by atoms with van der Waals surface area (Å²) in [6.45, 7) is 1.48. The molecular formula is C11H11N3O6S. The first-order valence-electron chi connectivity index (χ1n) is 5.62. The number of carboxylic acid groups (broad SMARTS) is 1. The van der Waals surface area contributed by atoms with Gasteiger partial charge in [-0.05, 0) is 24.6 Å². The van der Waals surface area contributed by atoms with Gasteiger partial charge in [-0.1, -0.05) is 0 Å². The molecule has 0 fully saturated rings. The van der Waals surface area contributed by atoms with E-state index in [0.29, 0.717) is 5.56 Å². The van der Waals surface area contributed by atoms with Crippen molar-refractivity contribution in [2.24, 2.45) is 5.10 Å². The van der Waals surface area contributed by atoms with E-state index in [1.165, 1.54) is 6.92 Å². The van der Waals surface area contributed by atoms with E-state index in [4.69, 9.17) is 15.4 Å². The summed E-state index contributed by atoms with van der Waals surface area (Å²) in [6.07, 6.45) is -0.427. The SMILES string of the molecule is Cc1cc(S(=O)(=O)O)cc(N2N=C(C(=O)O)CC2=O)c1N. The number of nitrogens with two attached hydrogens (primary N) is 1. The van der Waals surface area contributed by atoms with Gasteiger partial charge in [-0.3, -0.25) is 9.35 Å². The van der Waals surface area contributed by atoms with Crippen LogP contribution < -0.4 is 10.7 Å². The Balaban J connectivity index is 2.62. The predicted octanol–water partition coefficient (Wildman–Crippen LogP) is 0.00122. The number of hydrogen-bond acceptors (Lipinski definition) is 6. The van der Waals surface area contributed by atoms with Gasteiger partial charge in [-0.2, -0.15) is 18.5 Å². The van der Waals surface area contributed by atoms with Crippen LogP contribution in [0.25, 0.3) is 0 Å². The van der Waals surface area contributed by atoms with Crippen LogP contribution in [0.5, 0.6) is 0 Å². The van der Waals surface area contributed by atoms with Gasteiger partial charge in [0.15, 0.2) is 5.71 Å². The number of rotatable bonds is 3. The molecule has 0 bridgehead atoms. The fraction of sp³-hybridized carbons (Fsp3) is 0.182. The maximum absolute atomic E-state index is 11.8. The highest BCUT2D eigenvalue weighted by atomic mass is 32.2. The van der Waals surface area contributed by atoms with Crippen LogP contribution in [0.15, 0.2) is 22.1 Å². The monoisotopic (exact) mass is 313 g/mol. The van der Waals surface area contributed by atoms with E-state index in [1.54, 1.807) is 0 Å². The summed E-state index contributed by atoms with van der Waals surface area (Å²) in [5, 5.41) is 13.2. The second-order valence-corrected chi connectivity index (χ2v) is 5.80. The zero-order valence-electron chi connectivity index (χ0n) is 10.8. The Morgan fingerprint density at radius 2 is 2.05 bits per heavy atom. The zero-order valence-corrected chi connectivity index (χ0v) is 11.6. The normalized spacial score (nSPS) is 15.2. The first-order chi connectivity index (χ1) is 9.61. The number of amides is 1. The minimum absolute atomic E-state index is 0.0612. The molecule has 0 unspecified atom stereocenters. The van der Waals surface area contributed by atoms with Gasteiger partial charge in [0.05, 0.1) is 22.7 Å². The van der Waals surface area contributed by atoms with Crippen LogP contribution in [0.1, 0.15) is 12.0 Å². The molecule has 112 valence electrons. The Bertz CT molecular complexity index is 783. The van der Waals surface area contributed by atoms with E-state index < -0.39 is 33.3 Å². The van der Waals surface area contributed by atoms with E-state index in [9.17, 15) is 18.0 Å². The standard InChI is InChI=1S/C11H11N3O6S/c1-5-2-6(21(18,19)20)3-8(10(5)12)14-9(15)4-7(13-14)11(16)17/h2-3H,4,12H2,1H3,(H,16,17)(H,18,19,20). The molecule has 1 heterocycles. The highest BCUT2D eigenvalue weighted by Gasteiger charge is 2.31. The summed E-state index contributed by atoms with van der Waals surface area (Å²) in [5.74, 6) is -2.02. The van der Waals surface area contributed by atoms with Crippen molar-refractivity contribution in [3.8, 4) is 0 Å². The highest BCUT2D eigenvalue weighted by molar-refractivity contribution is 7.85. The lowest BCUT2D eigenvalue weighted by Gasteiger charge is -2.16. The van der Waals surface area contributed by atoms with Crippen LogP contribution in [0.2, 0.25) is 0 Å². The van der Waals surface area contributed by atoms with E-state index in [0.717, 1.165) is 17.1 Å². The quantitative estimate of drug-likeness (QED) is 0.525. The number of anilines is 2. The maximum Gasteiger partial charge on any atom is 0.352 e. The van der Waals surface area contributed by atoms with Gasteiger partial charge in [-0.15, -0.1) is 0 Å². The number of aliphatic carboxylic acids is 1. The Morgan fingerprint density at radius 3 is 2.52 bits per heavy atom. The van der Waals surface area contributed by atoms with Gasteiger partial charge < -0.3 is 10.8 Å². The van der Waals surface area contributed by atoms with E-state index >= 15 is 0 Å². The molecule has 1 aromatic carbocycles. The second-order valence-electron chi connectivity index (χ2n) is 4.38. The summed E-state index contributed by atoms with van der Waals surface area (Å²) in [7, 11) is -4.50. The molecule has 4 N–H and O–H groups in total. The Hall–Kier alpha value is -2.46. The number of benzene rings is 1. The first kappa shape index (κ1) is 14.9. The topological polar surface area (TPSA) is 150 Å². The lowest BCUT2D eigenvalue weighted by atomic mass is 10.1. The van der Waals surface area contributed by atoms with E-state index in [1.807, 2.05) is 0 Å². The van der Waals surface area contributed by atoms with Crippen molar-refractivity contribution in [3.63, 3.8) is 0 Å². The number of carbonyl (C=O) groups is 2. The molecule has 0 aromatic heterocycles. The van der Waals surface area contributed by atoms with Crippen molar-refractivity contribution in [1.29, 1.82) is 0 Å². The fourth-order valence-electron chi connectivity index (χ4n) is 1.81. The molecule has 1 aliphatic heterocycles. The van der Waals surface area contributed by atoms with Crippen molar-refractivity contribution in [3.05, 3.63) is 17.7 Å². The summed E-state index contributed by atoms with van der Waals surface area (Å²) >= 11 is 0. The van der Waals surface area contributed by atoms with Gasteiger partial charge in [-0.25, -0.2) is 4.79 Å². The Morgan fingerprint density at radius 1 is 1.43 bits per heavy atom. The largest absolute Gasteiger partial charge is 0.477 e. The van der Waals surface area contributed by atoms with Gasteiger partial charge in [0, 0.05) is 0 Å². The second kappa shape index (κ2) is 4.82. The number of carboxylic acids is 1. The minimum atomic E-state index is -4.50. The molecule has 0 saturated heterocycles. The molecular weight excluding hydrogens is 302 g/mol. The maximum atomic E-state index is 11.8. The van der Waals surface area contributed by atoms with Gasteiger partial charge in [0.25, 0.3) is 16.0 Å². The highest BCUT2D eigenvalue weighted by Crippen LogP contribution is 2.32. The van der Waals surface area contributed by atoms with Crippen molar-refractivity contribution in [2.75, 3.05) is 10.7 Å². The molecule has 0 saturated carbocycles. The van der Waals surface area contributed by atoms with Crippen LogP contribution in [0.4, 0.5) is 11.4 Å². The molecule has 21 heavy (non-hydrogen) atoms. The van der Waals surface area contributed by atoms with Crippen molar-refractivity contribution in [1.82, 2.24) is 0 Å². The van der Waals surface area contributed by atoms with Gasteiger partial charge in [0.2, 0.25) is 0 Å². The third-order valence-corrected chi connectivity index (χ3v) is 3.72. The molecule has 2 rings (SSSR count). The molecule has 1 aromatic rings. The lowest BCUT2D eigenvalue weighted by Crippen LogP contribution is -2.21. The van der Waals surface area contributed by atoms with Crippen LogP contribution in [-0.2, 0) is 19.7 Å². The predicted molar refractivity (Wildman–Crippen MR) is 72.6 cm³/mol. The summed E-state index contributed by atoms with van der Waals surface area (Å²) in [6, 6.07) is 2.10. The van der Waals surface area contributed by atoms with Crippen LogP contribution >= 0.6 is 0 Å². The molecule has 9 nitrogen and oxygen atoms in total. The van der Waals surface area contributed by atoms with Crippen LogP contribution in [0.3, 0.4) is 0 Å². The minimum Gasteiger partial charge on any atom is -0.477 e. The Kier molecular flexibility index (Phi) is 3.43. The molecule has 1 amide bonds. The van der Waals surface area contributed by atoms with Crippen LogP contribution in [0, 0.1) is 6.92 Å². The molecule has 0 aliphatic carbocycles. The first-order valence-corrected chi connectivity index (χ1v) is 7.06. The Labute approximate surface area is 119 Å². The number of nitrogens with zero attached hydrogens (tertiary/aromatic N) is 2. The number of aryl methyl sites for hydroxylation is 1. The molecule has 10 heteroatoms. The van der Waals surface area contributed by atoms with Gasteiger partial charge >= 0.3 is 5.97 Å². The lowest BCUT2D eigenvalue weighted by molar-refractivity contribution is -0.129. The average Bonchev–Trinajstić information content (AvgIpc) is 2.73. The number of hydrazone groups is 1. The van der Waals surface area contributed by atoms with Crippen LogP contribution in [-0.4, -0.2) is 35.7 Å². The van der Waals surface area contributed by atoms with Gasteiger partial charge in [0.1, 0.15) is 0 Å². The summed E-state index contributed by atoms with van der Waals surface area (Å²) in [4.78, 5) is 22.2. The molecule has 0 spiro atoms.